The van der Waals surface area contributed by atoms with E-state index in [2.05, 4.69) is 20.9 Å². The van der Waals surface area contributed by atoms with Crippen LogP contribution in [-0.2, 0) is 6.42 Å². The number of rotatable bonds is 3. The van der Waals surface area contributed by atoms with Crippen molar-refractivity contribution in [1.82, 2.24) is 4.98 Å². The Morgan fingerprint density at radius 2 is 2.40 bits per heavy atom. The highest BCUT2D eigenvalue weighted by molar-refractivity contribution is 9.11. The quantitative estimate of drug-likeness (QED) is 0.944. The van der Waals surface area contributed by atoms with Crippen LogP contribution in [-0.4, -0.2) is 11.0 Å². The molecule has 80 valence electrons. The molecule has 2 rings (SSSR count). The summed E-state index contributed by atoms with van der Waals surface area (Å²) in [4.78, 5) is 5.40. The minimum Gasteiger partial charge on any atom is -0.444 e. The first-order valence-corrected chi connectivity index (χ1v) is 6.22. The summed E-state index contributed by atoms with van der Waals surface area (Å²) in [5, 5.41) is 0. The maximum absolute atomic E-state index is 5.69. The summed E-state index contributed by atoms with van der Waals surface area (Å²) in [5.74, 6) is 0.668. The SMILES string of the molecule is CC(N)Cc1coc(-c2ccc(Br)s2)n1. The molecule has 0 radical (unpaired) electrons. The van der Waals surface area contributed by atoms with Crippen molar-refractivity contribution in [3.63, 3.8) is 0 Å². The number of aromatic nitrogens is 1. The maximum Gasteiger partial charge on any atom is 0.236 e. The largest absolute Gasteiger partial charge is 0.444 e. The van der Waals surface area contributed by atoms with Gasteiger partial charge >= 0.3 is 0 Å². The van der Waals surface area contributed by atoms with Gasteiger partial charge in [-0.2, -0.15) is 0 Å². The Kier molecular flexibility index (Phi) is 3.23. The second-order valence-corrected chi connectivity index (χ2v) is 5.89. The number of hydrogen-bond acceptors (Lipinski definition) is 4. The van der Waals surface area contributed by atoms with E-state index in [0.29, 0.717) is 5.89 Å². The second kappa shape index (κ2) is 4.47. The fourth-order valence-corrected chi connectivity index (χ4v) is 2.59. The van der Waals surface area contributed by atoms with Gasteiger partial charge in [-0.25, -0.2) is 4.98 Å². The van der Waals surface area contributed by atoms with Crippen LogP contribution in [0.15, 0.2) is 26.6 Å². The molecule has 0 fully saturated rings. The summed E-state index contributed by atoms with van der Waals surface area (Å²) < 4.78 is 6.46. The first-order chi connectivity index (χ1) is 7.15. The zero-order valence-electron chi connectivity index (χ0n) is 8.24. The van der Waals surface area contributed by atoms with E-state index < -0.39 is 0 Å². The minimum absolute atomic E-state index is 0.109. The average Bonchev–Trinajstić information content (AvgIpc) is 2.72. The third-order valence-electron chi connectivity index (χ3n) is 1.87. The van der Waals surface area contributed by atoms with Crippen molar-refractivity contribution in [2.75, 3.05) is 0 Å². The van der Waals surface area contributed by atoms with Gasteiger partial charge in [-0.1, -0.05) is 0 Å². The molecule has 5 heteroatoms. The number of nitrogens with two attached hydrogens (primary N) is 1. The lowest BCUT2D eigenvalue weighted by atomic mass is 10.2. The van der Waals surface area contributed by atoms with Crippen molar-refractivity contribution in [3.8, 4) is 10.8 Å². The maximum atomic E-state index is 5.69. The fraction of sp³-hybridized carbons (Fsp3) is 0.300. The lowest BCUT2D eigenvalue weighted by molar-refractivity contribution is 0.572. The molecule has 2 heterocycles. The Morgan fingerprint density at radius 1 is 1.60 bits per heavy atom. The molecular formula is C10H11BrN2OS. The summed E-state index contributed by atoms with van der Waals surface area (Å²) in [6, 6.07) is 4.07. The average molecular weight is 287 g/mol. The van der Waals surface area contributed by atoms with E-state index in [4.69, 9.17) is 10.2 Å². The number of halogens is 1. The van der Waals surface area contributed by atoms with E-state index in [1.165, 1.54) is 0 Å². The fourth-order valence-electron chi connectivity index (χ4n) is 1.27. The molecule has 1 atom stereocenters. The zero-order valence-corrected chi connectivity index (χ0v) is 10.6. The van der Waals surface area contributed by atoms with Gasteiger partial charge in [0.15, 0.2) is 0 Å². The normalized spacial score (nSPS) is 13.0. The van der Waals surface area contributed by atoms with Crippen molar-refractivity contribution >= 4 is 27.3 Å². The van der Waals surface area contributed by atoms with E-state index in [1.807, 2.05) is 19.1 Å². The summed E-state index contributed by atoms with van der Waals surface area (Å²) in [7, 11) is 0. The first-order valence-electron chi connectivity index (χ1n) is 4.61. The molecule has 0 aliphatic heterocycles. The number of hydrogen-bond donors (Lipinski definition) is 1. The lowest BCUT2D eigenvalue weighted by Crippen LogP contribution is -2.17. The molecule has 1 unspecified atom stereocenters. The van der Waals surface area contributed by atoms with Crippen LogP contribution >= 0.6 is 27.3 Å². The van der Waals surface area contributed by atoms with Crippen molar-refractivity contribution in [2.45, 2.75) is 19.4 Å². The van der Waals surface area contributed by atoms with Gasteiger partial charge in [-0.05, 0) is 35.0 Å². The van der Waals surface area contributed by atoms with Crippen LogP contribution in [0.25, 0.3) is 10.8 Å². The second-order valence-electron chi connectivity index (χ2n) is 3.43. The van der Waals surface area contributed by atoms with Crippen LogP contribution in [0.3, 0.4) is 0 Å². The predicted octanol–water partition coefficient (Wildman–Crippen LogP) is 3.06. The molecule has 15 heavy (non-hydrogen) atoms. The summed E-state index contributed by atoms with van der Waals surface area (Å²) in [6.07, 6.45) is 2.42. The standard InChI is InChI=1S/C10H11BrN2OS/c1-6(12)4-7-5-14-10(13-7)8-2-3-9(11)15-8/h2-3,5-6H,4,12H2,1H3. The molecule has 0 saturated carbocycles. The Labute approximate surface area is 100 Å². The molecule has 0 aliphatic rings. The van der Waals surface area contributed by atoms with Gasteiger partial charge in [0.05, 0.1) is 14.4 Å². The molecule has 3 nitrogen and oxygen atoms in total. The highest BCUT2D eigenvalue weighted by Gasteiger charge is 2.09. The third kappa shape index (κ3) is 2.68. The minimum atomic E-state index is 0.109. The van der Waals surface area contributed by atoms with E-state index in [9.17, 15) is 0 Å². The third-order valence-corrected chi connectivity index (χ3v) is 3.48. The lowest BCUT2D eigenvalue weighted by Gasteiger charge is -1.98. The van der Waals surface area contributed by atoms with Gasteiger partial charge in [0.1, 0.15) is 6.26 Å². The number of oxazole rings is 1. The summed E-state index contributed by atoms with van der Waals surface area (Å²) in [6.45, 7) is 1.95. The van der Waals surface area contributed by atoms with Gasteiger partial charge in [0.25, 0.3) is 0 Å². The van der Waals surface area contributed by atoms with E-state index in [-0.39, 0.29) is 6.04 Å². The highest BCUT2D eigenvalue weighted by atomic mass is 79.9. The van der Waals surface area contributed by atoms with E-state index >= 15 is 0 Å². The van der Waals surface area contributed by atoms with Crippen LogP contribution in [0.1, 0.15) is 12.6 Å². The van der Waals surface area contributed by atoms with Crippen molar-refractivity contribution in [2.24, 2.45) is 5.73 Å². The molecule has 2 aromatic rings. The molecule has 2 aromatic heterocycles. The van der Waals surface area contributed by atoms with Crippen molar-refractivity contribution < 1.29 is 4.42 Å². The zero-order chi connectivity index (χ0) is 10.8. The molecule has 0 aromatic carbocycles. The van der Waals surface area contributed by atoms with Crippen LogP contribution in [0.4, 0.5) is 0 Å². The van der Waals surface area contributed by atoms with Crippen molar-refractivity contribution in [3.05, 3.63) is 27.9 Å². The van der Waals surface area contributed by atoms with Gasteiger partial charge in [0, 0.05) is 12.5 Å². The monoisotopic (exact) mass is 286 g/mol. The van der Waals surface area contributed by atoms with E-state index in [0.717, 1.165) is 20.8 Å². The Morgan fingerprint density at radius 3 is 3.00 bits per heavy atom. The van der Waals surface area contributed by atoms with E-state index in [1.54, 1.807) is 17.6 Å². The molecular weight excluding hydrogens is 276 g/mol. The van der Waals surface area contributed by atoms with Crippen LogP contribution in [0.5, 0.6) is 0 Å². The Hall–Kier alpha value is -0.650. The van der Waals surface area contributed by atoms with Crippen LogP contribution in [0, 0.1) is 0 Å². The number of nitrogens with zero attached hydrogens (tertiary/aromatic N) is 1. The first kappa shape index (κ1) is 10.9. The highest BCUT2D eigenvalue weighted by Crippen LogP contribution is 2.30. The molecule has 2 N–H and O–H groups in total. The molecule has 0 aliphatic carbocycles. The Bertz CT molecular complexity index is 450. The number of thiophene rings is 1. The predicted molar refractivity (Wildman–Crippen MR) is 64.9 cm³/mol. The van der Waals surface area contributed by atoms with Gasteiger partial charge in [-0.3, -0.25) is 0 Å². The van der Waals surface area contributed by atoms with Crippen molar-refractivity contribution in [1.29, 1.82) is 0 Å². The van der Waals surface area contributed by atoms with Crippen LogP contribution < -0.4 is 5.73 Å². The smallest absolute Gasteiger partial charge is 0.236 e. The molecule has 0 bridgehead atoms. The Balaban J connectivity index is 2.20. The summed E-state index contributed by atoms with van der Waals surface area (Å²) in [5.41, 5.74) is 6.60. The topological polar surface area (TPSA) is 52.0 Å². The summed E-state index contributed by atoms with van der Waals surface area (Å²) >= 11 is 5.01. The van der Waals surface area contributed by atoms with Crippen LogP contribution in [0.2, 0.25) is 0 Å². The molecule has 0 saturated heterocycles. The van der Waals surface area contributed by atoms with Gasteiger partial charge in [-0.15, -0.1) is 11.3 Å². The van der Waals surface area contributed by atoms with Gasteiger partial charge < -0.3 is 10.2 Å². The van der Waals surface area contributed by atoms with Gasteiger partial charge in [0.2, 0.25) is 5.89 Å². The molecule has 0 spiro atoms. The molecule has 0 amide bonds.